The second kappa shape index (κ2) is 4.34. The standard InChI is InChI=1S/C8H16O3/c1-5(7(3)9)6(2)8(10)11-4/h5-7,9H,1-4H3. The minimum atomic E-state index is -0.468. The van der Waals surface area contributed by atoms with Gasteiger partial charge in [-0.3, -0.25) is 4.79 Å². The molecule has 3 heteroatoms. The van der Waals surface area contributed by atoms with E-state index in [-0.39, 0.29) is 17.8 Å². The van der Waals surface area contributed by atoms with E-state index >= 15 is 0 Å². The van der Waals surface area contributed by atoms with Crippen LogP contribution < -0.4 is 0 Å². The number of rotatable bonds is 3. The Bertz CT molecular complexity index is 131. The number of esters is 1. The molecule has 66 valence electrons. The van der Waals surface area contributed by atoms with Crippen molar-refractivity contribution in [1.82, 2.24) is 0 Å². The molecule has 11 heavy (non-hydrogen) atoms. The fourth-order valence-electron chi connectivity index (χ4n) is 0.818. The maximum Gasteiger partial charge on any atom is 0.308 e. The lowest BCUT2D eigenvalue weighted by atomic mass is 9.92. The normalized spacial score (nSPS) is 18.6. The van der Waals surface area contributed by atoms with Gasteiger partial charge in [-0.25, -0.2) is 0 Å². The molecular weight excluding hydrogens is 144 g/mol. The number of carbonyl (C=O) groups excluding carboxylic acids is 1. The van der Waals surface area contributed by atoms with Crippen molar-refractivity contribution in [3.63, 3.8) is 0 Å². The molecule has 0 radical (unpaired) electrons. The van der Waals surface area contributed by atoms with Gasteiger partial charge in [0, 0.05) is 0 Å². The third kappa shape index (κ3) is 2.89. The molecular formula is C8H16O3. The Balaban J connectivity index is 4.01. The van der Waals surface area contributed by atoms with Crippen molar-refractivity contribution >= 4 is 5.97 Å². The lowest BCUT2D eigenvalue weighted by Gasteiger charge is -2.19. The fourth-order valence-corrected chi connectivity index (χ4v) is 0.818. The first-order valence-corrected chi connectivity index (χ1v) is 3.76. The minimum absolute atomic E-state index is 0.0533. The third-order valence-corrected chi connectivity index (χ3v) is 2.12. The molecule has 0 spiro atoms. The van der Waals surface area contributed by atoms with E-state index in [2.05, 4.69) is 4.74 Å². The molecule has 3 atom stereocenters. The quantitative estimate of drug-likeness (QED) is 0.621. The molecule has 3 nitrogen and oxygen atoms in total. The zero-order valence-electron chi connectivity index (χ0n) is 7.50. The second-order valence-corrected chi connectivity index (χ2v) is 2.91. The lowest BCUT2D eigenvalue weighted by Crippen LogP contribution is -2.27. The predicted molar refractivity (Wildman–Crippen MR) is 42.0 cm³/mol. The van der Waals surface area contributed by atoms with E-state index in [1.165, 1.54) is 7.11 Å². The summed E-state index contributed by atoms with van der Waals surface area (Å²) in [5.74, 6) is -0.555. The maximum absolute atomic E-state index is 10.9. The number of ether oxygens (including phenoxy) is 1. The summed E-state index contributed by atoms with van der Waals surface area (Å²) in [7, 11) is 1.35. The zero-order valence-corrected chi connectivity index (χ0v) is 7.50. The Morgan fingerprint density at radius 1 is 1.36 bits per heavy atom. The molecule has 0 aromatic rings. The first kappa shape index (κ1) is 10.4. The van der Waals surface area contributed by atoms with Crippen LogP contribution in [0.25, 0.3) is 0 Å². The van der Waals surface area contributed by atoms with Crippen LogP contribution in [0.5, 0.6) is 0 Å². The number of carbonyl (C=O) groups is 1. The van der Waals surface area contributed by atoms with Crippen molar-refractivity contribution in [2.24, 2.45) is 11.8 Å². The van der Waals surface area contributed by atoms with Gasteiger partial charge in [0.1, 0.15) is 0 Å². The summed E-state index contributed by atoms with van der Waals surface area (Å²) in [6.45, 7) is 5.25. The largest absolute Gasteiger partial charge is 0.469 e. The predicted octanol–water partition coefficient (Wildman–Crippen LogP) is 0.812. The van der Waals surface area contributed by atoms with Crippen LogP contribution in [0.4, 0.5) is 0 Å². The van der Waals surface area contributed by atoms with E-state index < -0.39 is 6.10 Å². The summed E-state index contributed by atoms with van der Waals surface area (Å²) in [4.78, 5) is 10.9. The molecule has 3 unspecified atom stereocenters. The van der Waals surface area contributed by atoms with Gasteiger partial charge in [0.2, 0.25) is 0 Å². The van der Waals surface area contributed by atoms with Gasteiger partial charge >= 0.3 is 5.97 Å². The number of hydrogen-bond donors (Lipinski definition) is 1. The van der Waals surface area contributed by atoms with Crippen molar-refractivity contribution in [3.05, 3.63) is 0 Å². The van der Waals surface area contributed by atoms with Gasteiger partial charge in [0.25, 0.3) is 0 Å². The highest BCUT2D eigenvalue weighted by atomic mass is 16.5. The number of aliphatic hydroxyl groups is 1. The van der Waals surface area contributed by atoms with E-state index in [1.807, 2.05) is 6.92 Å². The molecule has 0 aromatic heterocycles. The molecule has 0 fully saturated rings. The van der Waals surface area contributed by atoms with E-state index in [9.17, 15) is 4.79 Å². The van der Waals surface area contributed by atoms with Crippen LogP contribution in [-0.2, 0) is 9.53 Å². The number of hydrogen-bond acceptors (Lipinski definition) is 3. The zero-order chi connectivity index (χ0) is 9.02. The van der Waals surface area contributed by atoms with Crippen LogP contribution >= 0.6 is 0 Å². The van der Waals surface area contributed by atoms with Crippen molar-refractivity contribution in [3.8, 4) is 0 Å². The van der Waals surface area contributed by atoms with Gasteiger partial charge < -0.3 is 9.84 Å². The summed E-state index contributed by atoms with van der Waals surface area (Å²) in [6.07, 6.45) is -0.468. The Morgan fingerprint density at radius 2 is 1.82 bits per heavy atom. The molecule has 0 aliphatic rings. The summed E-state index contributed by atoms with van der Waals surface area (Å²) < 4.78 is 4.53. The summed E-state index contributed by atoms with van der Waals surface area (Å²) in [6, 6.07) is 0. The molecule has 0 saturated carbocycles. The van der Waals surface area contributed by atoms with Gasteiger partial charge in [-0.15, -0.1) is 0 Å². The first-order chi connectivity index (χ1) is 5.00. The smallest absolute Gasteiger partial charge is 0.308 e. The van der Waals surface area contributed by atoms with Gasteiger partial charge in [-0.2, -0.15) is 0 Å². The molecule has 0 bridgehead atoms. The molecule has 1 N–H and O–H groups in total. The SMILES string of the molecule is COC(=O)C(C)C(C)C(C)O. The molecule has 0 heterocycles. The van der Waals surface area contributed by atoms with E-state index in [4.69, 9.17) is 5.11 Å². The molecule has 0 amide bonds. The fraction of sp³-hybridized carbons (Fsp3) is 0.875. The van der Waals surface area contributed by atoms with Crippen LogP contribution in [0.3, 0.4) is 0 Å². The van der Waals surface area contributed by atoms with Gasteiger partial charge in [-0.1, -0.05) is 13.8 Å². The summed E-state index contributed by atoms with van der Waals surface area (Å²) in [5.41, 5.74) is 0. The van der Waals surface area contributed by atoms with Crippen LogP contribution in [0.2, 0.25) is 0 Å². The van der Waals surface area contributed by atoms with E-state index in [0.29, 0.717) is 0 Å². The van der Waals surface area contributed by atoms with Crippen LogP contribution in [0.1, 0.15) is 20.8 Å². The average molecular weight is 160 g/mol. The summed E-state index contributed by atoms with van der Waals surface area (Å²) in [5, 5.41) is 9.13. The molecule has 0 saturated heterocycles. The van der Waals surface area contributed by atoms with Gasteiger partial charge in [0.15, 0.2) is 0 Å². The first-order valence-electron chi connectivity index (χ1n) is 3.76. The highest BCUT2D eigenvalue weighted by Gasteiger charge is 2.23. The highest BCUT2D eigenvalue weighted by Crippen LogP contribution is 2.15. The number of aliphatic hydroxyl groups excluding tert-OH is 1. The Kier molecular flexibility index (Phi) is 4.11. The molecule has 0 aromatic carbocycles. The second-order valence-electron chi connectivity index (χ2n) is 2.91. The molecule has 0 aliphatic carbocycles. The Hall–Kier alpha value is -0.570. The van der Waals surface area contributed by atoms with Crippen LogP contribution in [0.15, 0.2) is 0 Å². The molecule has 0 rings (SSSR count). The van der Waals surface area contributed by atoms with Crippen molar-refractivity contribution < 1.29 is 14.6 Å². The maximum atomic E-state index is 10.9. The third-order valence-electron chi connectivity index (χ3n) is 2.12. The van der Waals surface area contributed by atoms with Crippen LogP contribution in [0, 0.1) is 11.8 Å². The minimum Gasteiger partial charge on any atom is -0.469 e. The van der Waals surface area contributed by atoms with Gasteiger partial charge in [0.05, 0.1) is 19.1 Å². The molecule has 0 aliphatic heterocycles. The van der Waals surface area contributed by atoms with Crippen LogP contribution in [-0.4, -0.2) is 24.3 Å². The highest BCUT2D eigenvalue weighted by molar-refractivity contribution is 5.72. The van der Waals surface area contributed by atoms with E-state index in [0.717, 1.165) is 0 Å². The monoisotopic (exact) mass is 160 g/mol. The average Bonchev–Trinajstić information content (AvgIpc) is 2.00. The van der Waals surface area contributed by atoms with Crippen molar-refractivity contribution in [2.75, 3.05) is 7.11 Å². The summed E-state index contributed by atoms with van der Waals surface area (Å²) >= 11 is 0. The van der Waals surface area contributed by atoms with Crippen molar-refractivity contribution in [2.45, 2.75) is 26.9 Å². The topological polar surface area (TPSA) is 46.5 Å². The van der Waals surface area contributed by atoms with Crippen molar-refractivity contribution in [1.29, 1.82) is 0 Å². The van der Waals surface area contributed by atoms with E-state index in [1.54, 1.807) is 13.8 Å². The lowest BCUT2D eigenvalue weighted by molar-refractivity contribution is -0.147. The Labute approximate surface area is 67.4 Å². The Morgan fingerprint density at radius 3 is 2.09 bits per heavy atom. The van der Waals surface area contributed by atoms with Gasteiger partial charge in [-0.05, 0) is 12.8 Å². The number of methoxy groups -OCH3 is 1.